The largest absolute Gasteiger partial charge is 0.378 e. The van der Waals surface area contributed by atoms with Gasteiger partial charge in [0.05, 0.1) is 16.4 Å². The van der Waals surface area contributed by atoms with Crippen LogP contribution in [0.4, 0.5) is 16.5 Å². The Balaban J connectivity index is 0.00000210. The second kappa shape index (κ2) is 7.88. The van der Waals surface area contributed by atoms with Gasteiger partial charge in [-0.25, -0.2) is 9.97 Å². The molecule has 8 heteroatoms. The lowest BCUT2D eigenvalue weighted by Crippen LogP contribution is -2.08. The summed E-state index contributed by atoms with van der Waals surface area (Å²) in [7, 11) is 4.06. The van der Waals surface area contributed by atoms with E-state index in [4.69, 9.17) is 16.6 Å². The molecule has 0 aliphatic carbocycles. The predicted molar refractivity (Wildman–Crippen MR) is 120 cm³/mol. The molecule has 0 aliphatic heterocycles. The van der Waals surface area contributed by atoms with Crippen LogP contribution in [0.15, 0.2) is 48.0 Å². The number of fused-ring (bicyclic) bond motifs is 1. The molecule has 27 heavy (non-hydrogen) atoms. The van der Waals surface area contributed by atoms with Gasteiger partial charge in [-0.2, -0.15) is 0 Å². The molecule has 0 saturated carbocycles. The molecular formula is C19H19BrClN5S. The van der Waals surface area contributed by atoms with E-state index in [1.54, 1.807) is 11.3 Å². The molecule has 3 aromatic heterocycles. The second-order valence-corrected chi connectivity index (χ2v) is 7.52. The van der Waals surface area contributed by atoms with E-state index in [-0.39, 0.29) is 17.0 Å². The number of hydrogen-bond acceptors (Lipinski definition) is 5. The number of aromatic nitrogens is 3. The number of aryl methyl sites for hydroxylation is 1. The highest BCUT2D eigenvalue weighted by Gasteiger charge is 2.14. The zero-order valence-corrected chi connectivity index (χ0v) is 18.4. The van der Waals surface area contributed by atoms with Crippen LogP contribution in [0, 0.1) is 6.92 Å². The topological polar surface area (TPSA) is 45.5 Å². The summed E-state index contributed by atoms with van der Waals surface area (Å²) in [5, 5.41) is 6.91. The second-order valence-electron chi connectivity index (χ2n) is 6.23. The third-order valence-electron chi connectivity index (χ3n) is 4.14. The molecule has 140 valence electrons. The standard InChI is InChI=1S/C19H18ClN5S.BrH/c1-12-18(25-10-13(20)4-9-17(25)21-12)16-11-26-19(23-16)22-14-5-7-15(8-6-14)24(2)3;/h4-11H,1-3H3,(H,22,23);1H. The van der Waals surface area contributed by atoms with Gasteiger partial charge in [0.2, 0.25) is 0 Å². The van der Waals surface area contributed by atoms with Gasteiger partial charge in [0, 0.05) is 37.0 Å². The summed E-state index contributed by atoms with van der Waals surface area (Å²) in [6.07, 6.45) is 1.87. The van der Waals surface area contributed by atoms with E-state index in [0.29, 0.717) is 5.02 Å². The van der Waals surface area contributed by atoms with Crippen LogP contribution in [0.1, 0.15) is 5.69 Å². The normalized spacial score (nSPS) is 10.7. The Kier molecular flexibility index (Phi) is 5.74. The quantitative estimate of drug-likeness (QED) is 0.414. The van der Waals surface area contributed by atoms with Gasteiger partial charge in [-0.15, -0.1) is 28.3 Å². The van der Waals surface area contributed by atoms with E-state index in [0.717, 1.165) is 39.2 Å². The Hall–Kier alpha value is -2.09. The van der Waals surface area contributed by atoms with E-state index >= 15 is 0 Å². The first kappa shape index (κ1) is 19.7. The van der Waals surface area contributed by atoms with Crippen molar-refractivity contribution in [1.29, 1.82) is 0 Å². The van der Waals surface area contributed by atoms with Gasteiger partial charge in [0.15, 0.2) is 5.13 Å². The molecule has 5 nitrogen and oxygen atoms in total. The van der Waals surface area contributed by atoms with E-state index in [1.807, 2.05) is 49.1 Å². The molecule has 1 N–H and O–H groups in total. The molecule has 0 radical (unpaired) electrons. The Bertz CT molecular complexity index is 1070. The summed E-state index contributed by atoms with van der Waals surface area (Å²) in [4.78, 5) is 11.4. The maximum Gasteiger partial charge on any atom is 0.187 e. The zero-order chi connectivity index (χ0) is 18.3. The van der Waals surface area contributed by atoms with Gasteiger partial charge in [-0.05, 0) is 43.3 Å². The SMILES string of the molecule is Br.Cc1nc2ccc(Cl)cn2c1-c1csc(Nc2ccc(N(C)C)cc2)n1. The third-order valence-corrected chi connectivity index (χ3v) is 5.12. The first-order chi connectivity index (χ1) is 12.5. The minimum atomic E-state index is 0. The number of pyridine rings is 1. The minimum absolute atomic E-state index is 0. The van der Waals surface area contributed by atoms with Crippen molar-refractivity contribution in [3.05, 3.63) is 58.7 Å². The monoisotopic (exact) mass is 463 g/mol. The van der Waals surface area contributed by atoms with Crippen molar-refractivity contribution in [2.24, 2.45) is 0 Å². The van der Waals surface area contributed by atoms with Crippen molar-refractivity contribution in [2.75, 3.05) is 24.3 Å². The smallest absolute Gasteiger partial charge is 0.187 e. The van der Waals surface area contributed by atoms with Crippen LogP contribution in [-0.4, -0.2) is 28.5 Å². The summed E-state index contributed by atoms with van der Waals surface area (Å²) < 4.78 is 1.99. The number of thiazole rings is 1. The summed E-state index contributed by atoms with van der Waals surface area (Å²) >= 11 is 7.72. The maximum atomic E-state index is 6.15. The molecule has 0 unspecified atom stereocenters. The molecule has 4 aromatic rings. The van der Waals surface area contributed by atoms with Crippen molar-refractivity contribution < 1.29 is 0 Å². The Morgan fingerprint density at radius 1 is 1.07 bits per heavy atom. The molecule has 0 aliphatic rings. The lowest BCUT2D eigenvalue weighted by Gasteiger charge is -2.12. The average Bonchev–Trinajstić information content (AvgIpc) is 3.18. The van der Waals surface area contributed by atoms with Crippen LogP contribution in [0.3, 0.4) is 0 Å². The summed E-state index contributed by atoms with van der Waals surface area (Å²) in [5.41, 5.74) is 5.82. The van der Waals surface area contributed by atoms with Crippen LogP contribution >= 0.6 is 39.9 Å². The fourth-order valence-electron chi connectivity index (χ4n) is 2.85. The first-order valence-corrected chi connectivity index (χ1v) is 9.41. The summed E-state index contributed by atoms with van der Waals surface area (Å²) in [6.45, 7) is 1.99. The van der Waals surface area contributed by atoms with Crippen molar-refractivity contribution in [3.63, 3.8) is 0 Å². The molecule has 3 heterocycles. The van der Waals surface area contributed by atoms with Gasteiger partial charge in [-0.1, -0.05) is 11.6 Å². The van der Waals surface area contributed by atoms with Crippen LogP contribution in [-0.2, 0) is 0 Å². The lowest BCUT2D eigenvalue weighted by molar-refractivity contribution is 1.13. The van der Waals surface area contributed by atoms with Crippen molar-refractivity contribution in [3.8, 4) is 11.4 Å². The molecule has 4 rings (SSSR count). The highest BCUT2D eigenvalue weighted by Crippen LogP contribution is 2.30. The summed E-state index contributed by atoms with van der Waals surface area (Å²) in [6, 6.07) is 12.0. The number of anilines is 3. The fraction of sp³-hybridized carbons (Fsp3) is 0.158. The van der Waals surface area contributed by atoms with Gasteiger partial charge in [0.1, 0.15) is 11.3 Å². The van der Waals surface area contributed by atoms with Crippen molar-refractivity contribution in [1.82, 2.24) is 14.4 Å². The minimum Gasteiger partial charge on any atom is -0.378 e. The fourth-order valence-corrected chi connectivity index (χ4v) is 3.73. The van der Waals surface area contributed by atoms with Crippen LogP contribution in [0.25, 0.3) is 17.0 Å². The van der Waals surface area contributed by atoms with Gasteiger partial charge >= 0.3 is 0 Å². The number of benzene rings is 1. The zero-order valence-electron chi connectivity index (χ0n) is 15.1. The molecule has 0 fully saturated rings. The van der Waals surface area contributed by atoms with Gasteiger partial charge < -0.3 is 10.2 Å². The van der Waals surface area contributed by atoms with E-state index in [1.165, 1.54) is 0 Å². The molecular weight excluding hydrogens is 446 g/mol. The first-order valence-electron chi connectivity index (χ1n) is 8.16. The summed E-state index contributed by atoms with van der Waals surface area (Å²) in [5.74, 6) is 0. The molecule has 0 atom stereocenters. The lowest BCUT2D eigenvalue weighted by atomic mass is 10.2. The molecule has 1 aromatic carbocycles. The molecule has 0 amide bonds. The van der Waals surface area contributed by atoms with E-state index < -0.39 is 0 Å². The number of halogens is 2. The van der Waals surface area contributed by atoms with Crippen LogP contribution in [0.5, 0.6) is 0 Å². The Morgan fingerprint density at radius 2 is 1.81 bits per heavy atom. The van der Waals surface area contributed by atoms with Crippen LogP contribution in [0.2, 0.25) is 5.02 Å². The Labute approximate surface area is 177 Å². The van der Waals surface area contributed by atoms with Crippen LogP contribution < -0.4 is 10.2 Å². The number of hydrogen-bond donors (Lipinski definition) is 1. The van der Waals surface area contributed by atoms with E-state index in [2.05, 4.69) is 39.5 Å². The number of nitrogens with zero attached hydrogens (tertiary/aromatic N) is 4. The third kappa shape index (κ3) is 3.95. The van der Waals surface area contributed by atoms with Crippen molar-refractivity contribution >= 4 is 62.1 Å². The number of imidazole rings is 1. The number of rotatable bonds is 4. The predicted octanol–water partition coefficient (Wildman–Crippen LogP) is 5.81. The highest BCUT2D eigenvalue weighted by atomic mass is 79.9. The van der Waals surface area contributed by atoms with Gasteiger partial charge in [0.25, 0.3) is 0 Å². The average molecular weight is 465 g/mol. The van der Waals surface area contributed by atoms with Crippen molar-refractivity contribution in [2.45, 2.75) is 6.92 Å². The molecule has 0 saturated heterocycles. The van der Waals surface area contributed by atoms with Gasteiger partial charge in [-0.3, -0.25) is 4.40 Å². The number of nitrogens with one attached hydrogen (secondary N) is 1. The maximum absolute atomic E-state index is 6.15. The molecule has 0 bridgehead atoms. The molecule has 0 spiro atoms. The van der Waals surface area contributed by atoms with E-state index in [9.17, 15) is 0 Å². The highest BCUT2D eigenvalue weighted by molar-refractivity contribution is 8.93. The Morgan fingerprint density at radius 3 is 2.52 bits per heavy atom.